The van der Waals surface area contributed by atoms with Gasteiger partial charge in [0.05, 0.1) is 4.90 Å². The SMILES string of the molecule is C=C(C(=O)NN(CCC)CCCCCCCCCCCC)C(C)C.C=C(C)C(=O)NCCCN(C)C.C=CN1CCCC1=O.Cc1ccc(S(=O)(=O)O)cc1. The third kappa shape index (κ3) is 30.6. The molecule has 2 rings (SSSR count). The van der Waals surface area contributed by atoms with Gasteiger partial charge in [0.2, 0.25) is 11.8 Å². The van der Waals surface area contributed by atoms with E-state index in [9.17, 15) is 22.8 Å². The van der Waals surface area contributed by atoms with E-state index in [0.717, 1.165) is 64.0 Å². The van der Waals surface area contributed by atoms with Crippen LogP contribution < -0.4 is 10.7 Å². The summed E-state index contributed by atoms with van der Waals surface area (Å²) in [6.45, 7) is 27.4. The molecule has 3 amide bonds. The van der Waals surface area contributed by atoms with Crippen LogP contribution in [0.1, 0.15) is 130 Å². The lowest BCUT2D eigenvalue weighted by atomic mass is 10.1. The van der Waals surface area contributed by atoms with Crippen LogP contribution in [-0.2, 0) is 24.5 Å². The predicted molar refractivity (Wildman–Crippen MR) is 229 cm³/mol. The number of nitrogens with one attached hydrogen (secondary N) is 2. The Balaban J connectivity index is 0. The lowest BCUT2D eigenvalue weighted by Crippen LogP contribution is -2.44. The molecular weight excluding hydrogens is 715 g/mol. The van der Waals surface area contributed by atoms with E-state index in [2.05, 4.69) is 54.2 Å². The molecule has 55 heavy (non-hydrogen) atoms. The predicted octanol–water partition coefficient (Wildman–Crippen LogP) is 8.49. The topological polar surface area (TPSA) is 139 Å². The van der Waals surface area contributed by atoms with Crippen molar-refractivity contribution in [1.82, 2.24) is 25.6 Å². The van der Waals surface area contributed by atoms with Crippen molar-refractivity contribution in [3.8, 4) is 0 Å². The quantitative estimate of drug-likeness (QED) is 0.0434. The Morgan fingerprint density at radius 1 is 0.873 bits per heavy atom. The van der Waals surface area contributed by atoms with Crippen LogP contribution in [0.2, 0.25) is 0 Å². The highest BCUT2D eigenvalue weighted by Crippen LogP contribution is 2.12. The number of hydrogen-bond donors (Lipinski definition) is 3. The maximum atomic E-state index is 12.1. The van der Waals surface area contributed by atoms with Gasteiger partial charge in [0.1, 0.15) is 0 Å². The number of unbranched alkanes of at least 4 members (excludes halogenated alkanes) is 9. The van der Waals surface area contributed by atoms with E-state index in [-0.39, 0.29) is 28.5 Å². The molecule has 0 saturated carbocycles. The zero-order valence-electron chi connectivity index (χ0n) is 35.8. The van der Waals surface area contributed by atoms with Gasteiger partial charge in [0.25, 0.3) is 16.0 Å². The number of likely N-dealkylation sites (tertiary alicyclic amines) is 1. The number of hydrogen-bond acceptors (Lipinski definition) is 7. The first-order chi connectivity index (χ1) is 25.9. The van der Waals surface area contributed by atoms with Crippen LogP contribution in [-0.4, -0.2) is 92.3 Å². The molecule has 0 unspecified atom stereocenters. The molecule has 11 nitrogen and oxygen atoms in total. The smallest absolute Gasteiger partial charge is 0.294 e. The van der Waals surface area contributed by atoms with Crippen molar-refractivity contribution in [3.05, 3.63) is 66.9 Å². The van der Waals surface area contributed by atoms with Gasteiger partial charge in [-0.25, -0.2) is 5.01 Å². The van der Waals surface area contributed by atoms with Crippen molar-refractivity contribution < 1.29 is 27.4 Å². The lowest BCUT2D eigenvalue weighted by Gasteiger charge is -2.23. The monoisotopic (exact) mass is 792 g/mol. The van der Waals surface area contributed by atoms with Gasteiger partial charge in [0, 0.05) is 43.7 Å². The van der Waals surface area contributed by atoms with Crippen LogP contribution in [0.15, 0.2) is 66.2 Å². The molecule has 0 spiro atoms. The first-order valence-corrected chi connectivity index (χ1v) is 21.6. The molecule has 1 aliphatic heterocycles. The first-order valence-electron chi connectivity index (χ1n) is 20.2. The summed E-state index contributed by atoms with van der Waals surface area (Å²) in [5.41, 5.74) is 5.22. The number of carbonyl (C=O) groups excluding carboxylic acids is 3. The van der Waals surface area contributed by atoms with Crippen LogP contribution in [0.4, 0.5) is 0 Å². The number of benzene rings is 1. The number of amides is 3. The summed E-state index contributed by atoms with van der Waals surface area (Å²) in [4.78, 5) is 37.4. The molecule has 12 heteroatoms. The summed E-state index contributed by atoms with van der Waals surface area (Å²) in [6, 6.07) is 5.99. The van der Waals surface area contributed by atoms with E-state index in [1.54, 1.807) is 30.2 Å². The van der Waals surface area contributed by atoms with Crippen molar-refractivity contribution in [2.45, 2.75) is 136 Å². The minimum absolute atomic E-state index is 0.0227. The standard InChI is InChI=1S/C21H42N2O.C9H18N2O.C7H8O3S.C6H9NO/c1-6-8-9-10-11-12-13-14-15-16-18-23(17-7-2)22-21(24)20(5)19(3)4;1-8(2)9(12)10-6-5-7-11(3)4;1-6-2-4-7(5-3-6)11(8,9)10;1-2-7-5-3-4-6(7)8/h19H,5-18H2,1-4H3,(H,22,24);1,5-7H2,2-4H3,(H,10,12);2-5H,1H3,(H,8,9,10);2H,1,3-5H2. The Bertz CT molecular complexity index is 1350. The van der Waals surface area contributed by atoms with Gasteiger partial charge in [-0.15, -0.1) is 0 Å². The van der Waals surface area contributed by atoms with Crippen molar-refractivity contribution in [1.29, 1.82) is 0 Å². The van der Waals surface area contributed by atoms with Crippen molar-refractivity contribution in [3.63, 3.8) is 0 Å². The number of carbonyl (C=O) groups is 3. The number of rotatable bonds is 23. The summed E-state index contributed by atoms with van der Waals surface area (Å²) >= 11 is 0. The third-order valence-electron chi connectivity index (χ3n) is 8.63. The van der Waals surface area contributed by atoms with Crippen molar-refractivity contribution in [2.75, 3.05) is 46.8 Å². The zero-order chi connectivity index (χ0) is 42.2. The molecule has 1 fully saturated rings. The summed E-state index contributed by atoms with van der Waals surface area (Å²) < 4.78 is 29.6. The second-order valence-electron chi connectivity index (χ2n) is 14.6. The van der Waals surface area contributed by atoms with Gasteiger partial charge in [-0.05, 0) is 84.4 Å². The molecule has 0 bridgehead atoms. The minimum Gasteiger partial charge on any atom is -0.352 e. The maximum Gasteiger partial charge on any atom is 0.294 e. The normalized spacial score (nSPS) is 12.2. The molecule has 0 atom stereocenters. The summed E-state index contributed by atoms with van der Waals surface area (Å²) in [5, 5.41) is 4.84. The van der Waals surface area contributed by atoms with E-state index in [1.807, 2.05) is 34.9 Å². The Morgan fingerprint density at radius 2 is 1.42 bits per heavy atom. The van der Waals surface area contributed by atoms with E-state index in [4.69, 9.17) is 4.55 Å². The molecule has 1 aromatic carbocycles. The highest BCUT2D eigenvalue weighted by atomic mass is 32.2. The van der Waals surface area contributed by atoms with Gasteiger partial charge in [-0.1, -0.05) is 123 Å². The van der Waals surface area contributed by atoms with Gasteiger partial charge in [0.15, 0.2) is 0 Å². The molecule has 3 N–H and O–H groups in total. The lowest BCUT2D eigenvalue weighted by molar-refractivity contribution is -0.125. The van der Waals surface area contributed by atoms with E-state index < -0.39 is 10.1 Å². The highest BCUT2D eigenvalue weighted by Gasteiger charge is 2.16. The van der Waals surface area contributed by atoms with Crippen molar-refractivity contribution in [2.24, 2.45) is 5.92 Å². The Labute approximate surface area is 335 Å². The molecule has 0 aliphatic carbocycles. The molecule has 1 saturated heterocycles. The fraction of sp³-hybridized carbons (Fsp3) is 0.651. The van der Waals surface area contributed by atoms with E-state index in [1.165, 1.54) is 69.9 Å². The first kappa shape index (κ1) is 53.8. The van der Waals surface area contributed by atoms with Gasteiger partial charge in [-0.3, -0.25) is 24.4 Å². The largest absolute Gasteiger partial charge is 0.352 e. The molecule has 1 heterocycles. The second kappa shape index (κ2) is 32.9. The second-order valence-corrected chi connectivity index (χ2v) is 16.1. The summed E-state index contributed by atoms with van der Waals surface area (Å²) in [6.07, 6.45) is 18.7. The third-order valence-corrected chi connectivity index (χ3v) is 9.50. The zero-order valence-corrected chi connectivity index (χ0v) is 36.6. The van der Waals surface area contributed by atoms with Crippen LogP contribution in [0.25, 0.3) is 0 Å². The highest BCUT2D eigenvalue weighted by molar-refractivity contribution is 7.85. The van der Waals surface area contributed by atoms with Crippen LogP contribution in [0.3, 0.4) is 0 Å². The van der Waals surface area contributed by atoms with Crippen molar-refractivity contribution >= 4 is 27.8 Å². The Kier molecular flexibility index (Phi) is 32.1. The van der Waals surface area contributed by atoms with Crippen LogP contribution in [0, 0.1) is 12.8 Å². The fourth-order valence-electron chi connectivity index (χ4n) is 5.08. The van der Waals surface area contributed by atoms with Crippen LogP contribution >= 0.6 is 0 Å². The molecule has 0 aromatic heterocycles. The number of nitrogens with zero attached hydrogens (tertiary/aromatic N) is 3. The number of aryl methyl sites for hydroxylation is 1. The molecule has 0 radical (unpaired) electrons. The maximum absolute atomic E-state index is 12.1. The molecule has 316 valence electrons. The number of hydrazine groups is 1. The average Bonchev–Trinajstić information content (AvgIpc) is 3.55. The van der Waals surface area contributed by atoms with Gasteiger partial charge >= 0.3 is 0 Å². The summed E-state index contributed by atoms with van der Waals surface area (Å²) in [5.74, 6) is 0.338. The molecular formula is C43H77N5O6S. The minimum atomic E-state index is -4.02. The van der Waals surface area contributed by atoms with Crippen LogP contribution in [0.5, 0.6) is 0 Å². The van der Waals surface area contributed by atoms with Gasteiger partial charge in [-0.2, -0.15) is 8.42 Å². The Hall–Kier alpha value is -3.32. The van der Waals surface area contributed by atoms with Gasteiger partial charge < -0.3 is 15.1 Å². The van der Waals surface area contributed by atoms with E-state index in [0.29, 0.717) is 17.6 Å². The van der Waals surface area contributed by atoms with E-state index >= 15 is 0 Å². The Morgan fingerprint density at radius 3 is 1.82 bits per heavy atom. The summed E-state index contributed by atoms with van der Waals surface area (Å²) in [7, 11) is 0.00933. The molecule has 1 aromatic rings. The fourth-order valence-corrected chi connectivity index (χ4v) is 5.56. The molecule has 1 aliphatic rings. The average molecular weight is 792 g/mol.